The number of ether oxygens (including phenoxy) is 2. The smallest absolute Gasteiger partial charge is 0.332 e. The average molecular weight is 425 g/mol. The van der Waals surface area contributed by atoms with E-state index in [1.165, 1.54) is 11.1 Å². The normalized spacial score (nSPS) is 13.9. The summed E-state index contributed by atoms with van der Waals surface area (Å²) >= 11 is 0. The van der Waals surface area contributed by atoms with E-state index in [9.17, 15) is 9.59 Å². The Morgan fingerprint density at radius 3 is 2.74 bits per heavy atom. The van der Waals surface area contributed by atoms with Gasteiger partial charge in [0.1, 0.15) is 30.4 Å². The molecule has 0 unspecified atom stereocenters. The summed E-state index contributed by atoms with van der Waals surface area (Å²) in [5.74, 6) is 1.73. The first-order valence-electron chi connectivity index (χ1n) is 9.79. The number of urea groups is 1. The van der Waals surface area contributed by atoms with E-state index in [1.54, 1.807) is 30.1 Å². The third-order valence-corrected chi connectivity index (χ3v) is 5.09. The molecule has 31 heavy (non-hydrogen) atoms. The molecule has 0 spiro atoms. The van der Waals surface area contributed by atoms with Gasteiger partial charge in [-0.15, -0.1) is 0 Å². The fraction of sp³-hybridized carbons (Fsp3) is 0.333. The van der Waals surface area contributed by atoms with Gasteiger partial charge in [0.05, 0.1) is 37.8 Å². The summed E-state index contributed by atoms with van der Waals surface area (Å²) in [5.41, 5.74) is 2.13. The molecular weight excluding hydrogens is 402 g/mol. The maximum absolute atomic E-state index is 12.8. The maximum Gasteiger partial charge on any atom is 0.332 e. The van der Waals surface area contributed by atoms with Crippen molar-refractivity contribution in [2.24, 2.45) is 0 Å². The predicted octanol–water partition coefficient (Wildman–Crippen LogP) is 2.39. The first kappa shape index (κ1) is 20.5. The van der Waals surface area contributed by atoms with Crippen LogP contribution in [-0.2, 0) is 11.3 Å². The second-order valence-electron chi connectivity index (χ2n) is 7.16. The summed E-state index contributed by atoms with van der Waals surface area (Å²) in [7, 11) is 1.58. The number of rotatable bonds is 8. The van der Waals surface area contributed by atoms with Gasteiger partial charge in [0, 0.05) is 17.8 Å². The highest BCUT2D eigenvalue weighted by molar-refractivity contribution is 6.19. The predicted molar refractivity (Wildman–Crippen MR) is 110 cm³/mol. The van der Waals surface area contributed by atoms with Gasteiger partial charge < -0.3 is 18.9 Å². The van der Waals surface area contributed by atoms with Gasteiger partial charge in [0.15, 0.2) is 0 Å². The molecule has 0 atom stereocenters. The summed E-state index contributed by atoms with van der Waals surface area (Å²) < 4.78 is 17.7. The van der Waals surface area contributed by atoms with Gasteiger partial charge >= 0.3 is 6.03 Å². The lowest BCUT2D eigenvalue weighted by atomic mass is 10.2. The van der Waals surface area contributed by atoms with E-state index in [4.69, 9.17) is 14.0 Å². The highest BCUT2D eigenvalue weighted by Gasteiger charge is 2.37. The number of methoxy groups -OCH3 is 1. The molecule has 1 aliphatic heterocycles. The van der Waals surface area contributed by atoms with E-state index in [0.29, 0.717) is 29.5 Å². The minimum Gasteiger partial charge on any atom is -0.497 e. The van der Waals surface area contributed by atoms with Crippen LogP contribution in [0.15, 0.2) is 41.2 Å². The van der Waals surface area contributed by atoms with Crippen molar-refractivity contribution in [2.45, 2.75) is 20.4 Å². The minimum atomic E-state index is -0.392. The van der Waals surface area contributed by atoms with Crippen LogP contribution in [0.25, 0.3) is 0 Å². The van der Waals surface area contributed by atoms with Crippen LogP contribution >= 0.6 is 0 Å². The number of benzene rings is 1. The Morgan fingerprint density at radius 2 is 2.00 bits per heavy atom. The first-order chi connectivity index (χ1) is 15.0. The molecule has 10 nitrogen and oxygen atoms in total. The van der Waals surface area contributed by atoms with Crippen molar-refractivity contribution in [1.29, 1.82) is 0 Å². The number of anilines is 1. The number of aryl methyl sites for hydroxylation is 2. The summed E-state index contributed by atoms with van der Waals surface area (Å²) in [6, 6.07) is 6.81. The second-order valence-corrected chi connectivity index (χ2v) is 7.16. The number of imide groups is 1. The Kier molecular flexibility index (Phi) is 5.61. The molecule has 1 saturated heterocycles. The molecule has 0 N–H and O–H groups in total. The SMILES string of the molecule is COc1cccc(OCCN2CC(=O)N(c3cnn(Cc4c(C)noc4C)c3)C2=O)c1. The molecule has 1 aliphatic rings. The molecule has 1 fully saturated rings. The second kappa shape index (κ2) is 8.50. The van der Waals surface area contributed by atoms with Crippen LogP contribution in [0.2, 0.25) is 0 Å². The van der Waals surface area contributed by atoms with Crippen molar-refractivity contribution < 1.29 is 23.6 Å². The zero-order valence-electron chi connectivity index (χ0n) is 17.6. The number of amides is 3. The highest BCUT2D eigenvalue weighted by Crippen LogP contribution is 2.23. The van der Waals surface area contributed by atoms with Crippen molar-refractivity contribution in [3.8, 4) is 11.5 Å². The standard InChI is InChI=1S/C21H23N5O5/c1-14-19(15(2)31-23-14)12-25-11-16(10-22-25)26-20(27)13-24(21(26)28)7-8-30-18-6-4-5-17(9-18)29-3/h4-6,9-11H,7-8,12-13H2,1-3H3. The first-order valence-corrected chi connectivity index (χ1v) is 9.79. The molecular formula is C21H23N5O5. The fourth-order valence-electron chi connectivity index (χ4n) is 3.39. The van der Waals surface area contributed by atoms with Crippen molar-refractivity contribution in [1.82, 2.24) is 19.8 Å². The van der Waals surface area contributed by atoms with Gasteiger partial charge in [-0.3, -0.25) is 9.48 Å². The summed E-state index contributed by atoms with van der Waals surface area (Å²) in [5, 5.41) is 8.21. The Labute approximate surface area is 178 Å². The summed E-state index contributed by atoms with van der Waals surface area (Å²) in [6.07, 6.45) is 3.17. The van der Waals surface area contributed by atoms with Crippen molar-refractivity contribution in [3.05, 3.63) is 53.7 Å². The van der Waals surface area contributed by atoms with Gasteiger partial charge in [-0.2, -0.15) is 5.10 Å². The Balaban J connectivity index is 1.37. The fourth-order valence-corrected chi connectivity index (χ4v) is 3.39. The van der Waals surface area contributed by atoms with Gasteiger partial charge in [0.2, 0.25) is 0 Å². The third kappa shape index (κ3) is 4.23. The van der Waals surface area contributed by atoms with Crippen LogP contribution in [0, 0.1) is 13.8 Å². The Morgan fingerprint density at radius 1 is 1.19 bits per heavy atom. The molecule has 1 aromatic carbocycles. The molecule has 0 saturated carbocycles. The molecule has 3 heterocycles. The summed E-state index contributed by atoms with van der Waals surface area (Å²) in [4.78, 5) is 27.9. The van der Waals surface area contributed by atoms with Gasteiger partial charge in [-0.1, -0.05) is 11.2 Å². The minimum absolute atomic E-state index is 0.00461. The third-order valence-electron chi connectivity index (χ3n) is 5.09. The van der Waals surface area contributed by atoms with E-state index < -0.39 is 6.03 Å². The van der Waals surface area contributed by atoms with Crippen LogP contribution in [-0.4, -0.2) is 58.6 Å². The molecule has 3 amide bonds. The lowest BCUT2D eigenvalue weighted by Crippen LogP contribution is -2.34. The van der Waals surface area contributed by atoms with E-state index in [1.807, 2.05) is 26.0 Å². The molecule has 0 radical (unpaired) electrons. The number of hydrogen-bond donors (Lipinski definition) is 0. The lowest BCUT2D eigenvalue weighted by molar-refractivity contribution is -0.116. The molecule has 0 aliphatic carbocycles. The highest BCUT2D eigenvalue weighted by atomic mass is 16.5. The van der Waals surface area contributed by atoms with E-state index in [0.717, 1.165) is 16.2 Å². The quantitative estimate of drug-likeness (QED) is 0.511. The molecule has 162 valence electrons. The number of nitrogens with zero attached hydrogens (tertiary/aromatic N) is 5. The number of carbonyl (C=O) groups excluding carboxylic acids is 2. The molecule has 0 bridgehead atoms. The van der Waals surface area contributed by atoms with Gasteiger partial charge in [-0.05, 0) is 26.0 Å². The zero-order chi connectivity index (χ0) is 22.0. The Bertz CT molecular complexity index is 1090. The molecule has 2 aromatic heterocycles. The number of carbonyl (C=O) groups is 2. The number of aromatic nitrogens is 3. The van der Waals surface area contributed by atoms with Crippen molar-refractivity contribution >= 4 is 17.6 Å². The topological polar surface area (TPSA) is 103 Å². The lowest BCUT2D eigenvalue weighted by Gasteiger charge is -2.16. The largest absolute Gasteiger partial charge is 0.497 e. The van der Waals surface area contributed by atoms with E-state index in [2.05, 4.69) is 10.3 Å². The van der Waals surface area contributed by atoms with Crippen LogP contribution < -0.4 is 14.4 Å². The Hall–Kier alpha value is -3.82. The van der Waals surface area contributed by atoms with Crippen molar-refractivity contribution in [3.63, 3.8) is 0 Å². The molecule has 4 rings (SSSR count). The number of hydrogen-bond acceptors (Lipinski definition) is 7. The summed E-state index contributed by atoms with van der Waals surface area (Å²) in [6.45, 7) is 4.66. The molecule has 3 aromatic rings. The van der Waals surface area contributed by atoms with Crippen molar-refractivity contribution in [2.75, 3.05) is 31.7 Å². The van der Waals surface area contributed by atoms with Gasteiger partial charge in [0.25, 0.3) is 5.91 Å². The van der Waals surface area contributed by atoms with Crippen LogP contribution in [0.3, 0.4) is 0 Å². The van der Waals surface area contributed by atoms with Crippen LogP contribution in [0.5, 0.6) is 11.5 Å². The maximum atomic E-state index is 12.8. The van der Waals surface area contributed by atoms with E-state index >= 15 is 0 Å². The van der Waals surface area contributed by atoms with Crippen LogP contribution in [0.1, 0.15) is 17.0 Å². The molecule has 10 heteroatoms. The monoisotopic (exact) mass is 425 g/mol. The van der Waals surface area contributed by atoms with E-state index in [-0.39, 0.29) is 25.6 Å². The van der Waals surface area contributed by atoms with Gasteiger partial charge in [-0.25, -0.2) is 9.69 Å². The average Bonchev–Trinajstić information content (AvgIpc) is 3.42. The van der Waals surface area contributed by atoms with Crippen LogP contribution in [0.4, 0.5) is 10.5 Å². The zero-order valence-corrected chi connectivity index (χ0v) is 17.6.